The molecule has 0 aliphatic rings. The van der Waals surface area contributed by atoms with Gasteiger partial charge in [-0.05, 0) is 24.1 Å². The monoisotopic (exact) mass is 284 g/mol. The number of aliphatic imine (C=N–C) groups is 1. The van der Waals surface area contributed by atoms with E-state index in [4.69, 9.17) is 5.14 Å². The number of benzene rings is 1. The number of nitrogens with two attached hydrogens (primary N) is 1. The second-order valence-corrected chi connectivity index (χ2v) is 5.61. The molecule has 106 valence electrons. The van der Waals surface area contributed by atoms with Crippen LogP contribution >= 0.6 is 0 Å². The molecule has 0 saturated carbocycles. The Morgan fingerprint density at radius 3 is 2.68 bits per heavy atom. The van der Waals surface area contributed by atoms with E-state index >= 15 is 0 Å². The van der Waals surface area contributed by atoms with Gasteiger partial charge in [0.25, 0.3) is 0 Å². The smallest absolute Gasteiger partial charge is 0.238 e. The third-order valence-corrected chi connectivity index (χ3v) is 3.36. The molecule has 1 rings (SSSR count). The molecule has 0 radical (unpaired) electrons. The topological polar surface area (TPSA) is 96.6 Å². The van der Waals surface area contributed by atoms with Crippen LogP contribution in [-0.4, -0.2) is 28.0 Å². The van der Waals surface area contributed by atoms with Gasteiger partial charge in [-0.2, -0.15) is 0 Å². The summed E-state index contributed by atoms with van der Waals surface area (Å²) in [5.41, 5.74) is 0.825. The number of hydrogen-bond donors (Lipinski definition) is 3. The Labute approximate surface area is 114 Å². The van der Waals surface area contributed by atoms with Gasteiger partial charge in [0.2, 0.25) is 10.0 Å². The lowest BCUT2D eigenvalue weighted by molar-refractivity contribution is 0.597. The first-order valence-corrected chi connectivity index (χ1v) is 7.58. The maximum Gasteiger partial charge on any atom is 0.238 e. The zero-order valence-electron chi connectivity index (χ0n) is 11.2. The van der Waals surface area contributed by atoms with Crippen LogP contribution in [0.15, 0.2) is 34.2 Å². The van der Waals surface area contributed by atoms with Crippen molar-refractivity contribution in [2.45, 2.75) is 24.8 Å². The van der Waals surface area contributed by atoms with E-state index in [1.807, 2.05) is 6.07 Å². The first-order valence-electron chi connectivity index (χ1n) is 6.03. The Morgan fingerprint density at radius 1 is 1.37 bits per heavy atom. The minimum Gasteiger partial charge on any atom is -0.356 e. The average molecular weight is 284 g/mol. The largest absolute Gasteiger partial charge is 0.356 e. The van der Waals surface area contributed by atoms with Gasteiger partial charge in [-0.15, -0.1) is 0 Å². The molecule has 0 bridgehead atoms. The Balaban J connectivity index is 2.68. The van der Waals surface area contributed by atoms with E-state index in [0.717, 1.165) is 18.5 Å². The first kappa shape index (κ1) is 15.5. The van der Waals surface area contributed by atoms with E-state index in [-0.39, 0.29) is 4.90 Å². The maximum atomic E-state index is 11.2. The minimum absolute atomic E-state index is 0.114. The van der Waals surface area contributed by atoms with Crippen molar-refractivity contribution < 1.29 is 8.42 Å². The van der Waals surface area contributed by atoms with Crippen molar-refractivity contribution in [3.8, 4) is 0 Å². The Bertz CT molecular complexity index is 540. The van der Waals surface area contributed by atoms with Gasteiger partial charge in [-0.3, -0.25) is 4.99 Å². The van der Waals surface area contributed by atoms with Crippen molar-refractivity contribution in [2.24, 2.45) is 10.1 Å². The van der Waals surface area contributed by atoms with Gasteiger partial charge in [0.15, 0.2) is 5.96 Å². The number of guanidine groups is 1. The van der Waals surface area contributed by atoms with Crippen molar-refractivity contribution in [1.82, 2.24) is 10.6 Å². The first-order chi connectivity index (χ1) is 8.97. The van der Waals surface area contributed by atoms with Crippen molar-refractivity contribution in [3.63, 3.8) is 0 Å². The number of nitrogens with one attached hydrogen (secondary N) is 2. The highest BCUT2D eigenvalue weighted by atomic mass is 32.2. The van der Waals surface area contributed by atoms with Gasteiger partial charge < -0.3 is 10.6 Å². The summed E-state index contributed by atoms with van der Waals surface area (Å²) in [4.78, 5) is 4.18. The summed E-state index contributed by atoms with van der Waals surface area (Å²) in [7, 11) is -1.97. The molecule has 0 aliphatic heterocycles. The third-order valence-electron chi connectivity index (χ3n) is 2.45. The molecule has 0 heterocycles. The zero-order valence-corrected chi connectivity index (χ0v) is 12.0. The average Bonchev–Trinajstić information content (AvgIpc) is 2.38. The molecule has 0 spiro atoms. The number of sulfonamides is 1. The molecule has 0 aliphatic carbocycles. The molecule has 19 heavy (non-hydrogen) atoms. The second-order valence-electron chi connectivity index (χ2n) is 4.04. The van der Waals surface area contributed by atoms with E-state index < -0.39 is 10.0 Å². The maximum absolute atomic E-state index is 11.2. The lowest BCUT2D eigenvalue weighted by Gasteiger charge is -2.11. The molecule has 0 aromatic heterocycles. The highest BCUT2D eigenvalue weighted by Gasteiger charge is 2.07. The Hall–Kier alpha value is -1.60. The highest BCUT2D eigenvalue weighted by molar-refractivity contribution is 7.89. The standard InChI is InChI=1S/C12H20N4O2S/c1-3-7-15-12(14-2)16-9-10-5-4-6-11(8-10)19(13,17)18/h4-6,8H,3,7,9H2,1-2H3,(H2,13,17,18)(H2,14,15,16). The molecular weight excluding hydrogens is 264 g/mol. The summed E-state index contributed by atoms with van der Waals surface area (Å²) >= 11 is 0. The predicted octanol–water partition coefficient (Wildman–Crippen LogP) is 0.409. The van der Waals surface area contributed by atoms with Gasteiger partial charge in [0.1, 0.15) is 0 Å². The summed E-state index contributed by atoms with van der Waals surface area (Å²) in [6.45, 7) is 3.37. The number of primary sulfonamides is 1. The van der Waals surface area contributed by atoms with Gasteiger partial charge in [-0.1, -0.05) is 19.1 Å². The molecule has 1 aromatic carbocycles. The van der Waals surface area contributed by atoms with E-state index in [1.165, 1.54) is 6.07 Å². The molecule has 0 amide bonds. The molecule has 0 fully saturated rings. The Kier molecular flexibility index (Phi) is 5.78. The molecule has 1 aromatic rings. The minimum atomic E-state index is -3.66. The molecule has 0 unspecified atom stereocenters. The fourth-order valence-electron chi connectivity index (χ4n) is 1.48. The van der Waals surface area contributed by atoms with Crippen molar-refractivity contribution in [2.75, 3.05) is 13.6 Å². The fourth-order valence-corrected chi connectivity index (χ4v) is 2.07. The normalized spacial score (nSPS) is 12.3. The summed E-state index contributed by atoms with van der Waals surface area (Å²) in [6.07, 6.45) is 1.00. The van der Waals surface area contributed by atoms with E-state index in [0.29, 0.717) is 12.5 Å². The lowest BCUT2D eigenvalue weighted by Crippen LogP contribution is -2.37. The second kappa shape index (κ2) is 7.10. The zero-order chi connectivity index (χ0) is 14.3. The SMILES string of the molecule is CCCNC(=NC)NCc1cccc(S(N)(=O)=O)c1. The van der Waals surface area contributed by atoms with Gasteiger partial charge >= 0.3 is 0 Å². The van der Waals surface area contributed by atoms with E-state index in [9.17, 15) is 8.42 Å². The van der Waals surface area contributed by atoms with E-state index in [2.05, 4.69) is 22.5 Å². The molecule has 4 N–H and O–H groups in total. The molecule has 0 saturated heterocycles. The summed E-state index contributed by atoms with van der Waals surface area (Å²) in [5, 5.41) is 11.3. The van der Waals surface area contributed by atoms with Crippen LogP contribution < -0.4 is 15.8 Å². The van der Waals surface area contributed by atoms with Crippen molar-refractivity contribution in [3.05, 3.63) is 29.8 Å². The van der Waals surface area contributed by atoms with Gasteiger partial charge in [0.05, 0.1) is 4.90 Å². The van der Waals surface area contributed by atoms with Crippen molar-refractivity contribution >= 4 is 16.0 Å². The van der Waals surface area contributed by atoms with E-state index in [1.54, 1.807) is 19.2 Å². The quantitative estimate of drug-likeness (QED) is 0.539. The van der Waals surface area contributed by atoms with Crippen LogP contribution in [0.3, 0.4) is 0 Å². The van der Waals surface area contributed by atoms with Crippen LogP contribution in [-0.2, 0) is 16.6 Å². The predicted molar refractivity (Wildman–Crippen MR) is 76.3 cm³/mol. The van der Waals surface area contributed by atoms with Crippen LogP contribution in [0.4, 0.5) is 0 Å². The highest BCUT2D eigenvalue weighted by Crippen LogP contribution is 2.09. The molecule has 0 atom stereocenters. The summed E-state index contributed by atoms with van der Waals surface area (Å²) < 4.78 is 22.5. The lowest BCUT2D eigenvalue weighted by atomic mass is 10.2. The summed E-state index contributed by atoms with van der Waals surface area (Å²) in [6, 6.07) is 6.52. The Morgan fingerprint density at radius 2 is 2.11 bits per heavy atom. The van der Waals surface area contributed by atoms with Crippen LogP contribution in [0, 0.1) is 0 Å². The molecular formula is C12H20N4O2S. The number of nitrogens with zero attached hydrogens (tertiary/aromatic N) is 1. The summed E-state index contributed by atoms with van der Waals surface area (Å²) in [5.74, 6) is 0.683. The fraction of sp³-hybridized carbons (Fsp3) is 0.417. The molecule has 7 heteroatoms. The van der Waals surface area contributed by atoms with Crippen LogP contribution in [0.5, 0.6) is 0 Å². The van der Waals surface area contributed by atoms with Gasteiger partial charge in [0, 0.05) is 20.1 Å². The number of hydrogen-bond acceptors (Lipinski definition) is 3. The van der Waals surface area contributed by atoms with Crippen LogP contribution in [0.2, 0.25) is 0 Å². The van der Waals surface area contributed by atoms with Crippen LogP contribution in [0.1, 0.15) is 18.9 Å². The van der Waals surface area contributed by atoms with Crippen LogP contribution in [0.25, 0.3) is 0 Å². The van der Waals surface area contributed by atoms with Crippen molar-refractivity contribution in [1.29, 1.82) is 0 Å². The van der Waals surface area contributed by atoms with Gasteiger partial charge in [-0.25, -0.2) is 13.6 Å². The third kappa shape index (κ3) is 5.27. The molecule has 6 nitrogen and oxygen atoms in total. The number of rotatable bonds is 5.